The fourth-order valence-electron chi connectivity index (χ4n) is 3.48. The van der Waals surface area contributed by atoms with Gasteiger partial charge in [-0.3, -0.25) is 9.59 Å². The van der Waals surface area contributed by atoms with E-state index in [9.17, 15) is 14.0 Å². The molecule has 0 atom stereocenters. The first-order chi connectivity index (χ1) is 16.0. The average Bonchev–Trinajstić information content (AvgIpc) is 3.17. The molecule has 4 rings (SSSR count). The van der Waals surface area contributed by atoms with Gasteiger partial charge < -0.3 is 15.2 Å². The van der Waals surface area contributed by atoms with Crippen LogP contribution in [0.4, 0.5) is 10.1 Å². The number of rotatable bonds is 8. The second-order valence-electron chi connectivity index (χ2n) is 7.67. The average molecular weight is 462 g/mol. The summed E-state index contributed by atoms with van der Waals surface area (Å²) < 4.78 is 15.1. The van der Waals surface area contributed by atoms with Crippen LogP contribution in [0.3, 0.4) is 0 Å². The highest BCUT2D eigenvalue weighted by Gasteiger charge is 2.12. The van der Waals surface area contributed by atoms with Crippen LogP contribution < -0.4 is 10.6 Å². The first kappa shape index (κ1) is 22.6. The first-order valence-corrected chi connectivity index (χ1v) is 11.6. The molecule has 0 aliphatic carbocycles. The Morgan fingerprint density at radius 3 is 2.45 bits per heavy atom. The third-order valence-corrected chi connectivity index (χ3v) is 6.23. The number of aromatic nitrogens is 1. The summed E-state index contributed by atoms with van der Waals surface area (Å²) in [5.74, 6) is -0.382. The highest BCUT2D eigenvalue weighted by molar-refractivity contribution is 8.00. The zero-order chi connectivity index (χ0) is 23.2. The number of fused-ring (bicyclic) bond motifs is 1. The molecule has 3 aromatic carbocycles. The summed E-state index contributed by atoms with van der Waals surface area (Å²) in [4.78, 5) is 25.7. The molecule has 5 nitrogen and oxygen atoms in total. The van der Waals surface area contributed by atoms with Gasteiger partial charge in [-0.2, -0.15) is 0 Å². The van der Waals surface area contributed by atoms with Crippen LogP contribution >= 0.6 is 11.8 Å². The zero-order valence-electron chi connectivity index (χ0n) is 18.2. The molecule has 1 heterocycles. The lowest BCUT2D eigenvalue weighted by molar-refractivity contribution is -0.113. The van der Waals surface area contributed by atoms with Crippen LogP contribution in [-0.4, -0.2) is 28.7 Å². The number of halogens is 1. The fraction of sp³-hybridized carbons (Fsp3) is 0.154. The van der Waals surface area contributed by atoms with Crippen LogP contribution in [0.25, 0.3) is 10.9 Å². The molecule has 0 saturated carbocycles. The molecule has 7 heteroatoms. The smallest absolute Gasteiger partial charge is 0.251 e. The number of carbonyl (C=O) groups is 2. The van der Waals surface area contributed by atoms with E-state index < -0.39 is 0 Å². The van der Waals surface area contributed by atoms with E-state index in [1.54, 1.807) is 0 Å². The molecule has 1 aromatic heterocycles. The summed E-state index contributed by atoms with van der Waals surface area (Å²) in [5, 5.41) is 6.86. The van der Waals surface area contributed by atoms with Crippen molar-refractivity contribution in [3.05, 3.63) is 95.9 Å². The van der Waals surface area contributed by atoms with Gasteiger partial charge in [0.1, 0.15) is 5.82 Å². The van der Waals surface area contributed by atoms with E-state index >= 15 is 0 Å². The van der Waals surface area contributed by atoms with Crippen molar-refractivity contribution in [3.8, 4) is 0 Å². The van der Waals surface area contributed by atoms with Crippen LogP contribution in [-0.2, 0) is 11.3 Å². The van der Waals surface area contributed by atoms with Gasteiger partial charge in [0, 0.05) is 46.3 Å². The molecule has 0 saturated heterocycles. The number of nitrogens with zero attached hydrogens (tertiary/aromatic N) is 1. The van der Waals surface area contributed by atoms with Crippen LogP contribution in [0.1, 0.15) is 15.9 Å². The maximum atomic E-state index is 13.0. The molecule has 2 amide bonds. The molecule has 0 fully saturated rings. The quantitative estimate of drug-likeness (QED) is 0.352. The third-order valence-electron chi connectivity index (χ3n) is 5.19. The second kappa shape index (κ2) is 10.4. The topological polar surface area (TPSA) is 63.1 Å². The Bertz CT molecular complexity index is 1270. The number of para-hydroxylation sites is 1. The van der Waals surface area contributed by atoms with E-state index in [1.807, 2.05) is 61.7 Å². The minimum atomic E-state index is -0.372. The van der Waals surface area contributed by atoms with Crippen LogP contribution in [0.2, 0.25) is 0 Å². The Kier molecular flexibility index (Phi) is 7.10. The van der Waals surface area contributed by atoms with E-state index in [2.05, 4.69) is 15.2 Å². The van der Waals surface area contributed by atoms with Gasteiger partial charge in [-0.15, -0.1) is 11.8 Å². The minimum Gasteiger partial charge on any atom is -0.350 e. The number of hydrogen-bond acceptors (Lipinski definition) is 3. The van der Waals surface area contributed by atoms with Gasteiger partial charge in [0.15, 0.2) is 0 Å². The molecular weight excluding hydrogens is 437 g/mol. The van der Waals surface area contributed by atoms with Crippen molar-refractivity contribution >= 4 is 40.2 Å². The van der Waals surface area contributed by atoms with Crippen molar-refractivity contribution in [2.75, 3.05) is 17.6 Å². The molecule has 0 bridgehead atoms. The normalized spacial score (nSPS) is 10.8. The summed E-state index contributed by atoms with van der Waals surface area (Å²) in [6.45, 7) is 3.00. The molecule has 168 valence electrons. The van der Waals surface area contributed by atoms with Crippen molar-refractivity contribution in [2.24, 2.45) is 0 Å². The summed E-state index contributed by atoms with van der Waals surface area (Å²) in [7, 11) is 0. The number of thioether (sulfide) groups is 1. The Morgan fingerprint density at radius 2 is 1.70 bits per heavy atom. The summed E-state index contributed by atoms with van der Waals surface area (Å²) in [6, 6.07) is 21.2. The monoisotopic (exact) mass is 461 g/mol. The number of nitrogens with one attached hydrogen (secondary N) is 2. The SMILES string of the molecule is Cc1ccc(NC(=O)CSc2cn(CCNC(=O)c3ccc(F)cc3)c3ccccc23)cc1. The van der Waals surface area contributed by atoms with Crippen LogP contribution in [0.15, 0.2) is 83.9 Å². The van der Waals surface area contributed by atoms with Gasteiger partial charge in [0.2, 0.25) is 5.91 Å². The van der Waals surface area contributed by atoms with Crippen LogP contribution in [0.5, 0.6) is 0 Å². The standard InChI is InChI=1S/C26H24FN3O2S/c1-18-6-12-21(13-7-18)29-25(31)17-33-24-16-30(23-5-3-2-4-22(23)24)15-14-28-26(32)19-8-10-20(27)11-9-19/h2-13,16H,14-15,17H2,1H3,(H,28,32)(H,29,31). The van der Waals surface area contributed by atoms with Gasteiger partial charge in [-0.25, -0.2) is 4.39 Å². The van der Waals surface area contributed by atoms with Crippen molar-refractivity contribution in [1.82, 2.24) is 9.88 Å². The molecular formula is C26H24FN3O2S. The second-order valence-corrected chi connectivity index (χ2v) is 8.69. The number of hydrogen-bond donors (Lipinski definition) is 2. The van der Waals surface area contributed by atoms with Gasteiger partial charge in [-0.1, -0.05) is 35.9 Å². The molecule has 0 aliphatic heterocycles. The van der Waals surface area contributed by atoms with Crippen molar-refractivity contribution in [1.29, 1.82) is 0 Å². The molecule has 4 aromatic rings. The Labute approximate surface area is 196 Å². The lowest BCUT2D eigenvalue weighted by atomic mass is 10.2. The predicted octanol–water partition coefficient (Wildman–Crippen LogP) is 5.25. The molecule has 0 aliphatic rings. The molecule has 0 spiro atoms. The Hall–Kier alpha value is -3.58. The molecule has 0 radical (unpaired) electrons. The highest BCUT2D eigenvalue weighted by Crippen LogP contribution is 2.30. The van der Waals surface area contributed by atoms with Gasteiger partial charge in [0.05, 0.1) is 5.75 Å². The lowest BCUT2D eigenvalue weighted by Gasteiger charge is -2.07. The molecule has 2 N–H and O–H groups in total. The van der Waals surface area contributed by atoms with Gasteiger partial charge >= 0.3 is 0 Å². The van der Waals surface area contributed by atoms with Gasteiger partial charge in [-0.05, 0) is 49.4 Å². The van der Waals surface area contributed by atoms with E-state index in [4.69, 9.17) is 0 Å². The zero-order valence-corrected chi connectivity index (χ0v) is 19.0. The predicted molar refractivity (Wildman–Crippen MR) is 131 cm³/mol. The van der Waals surface area contributed by atoms with Crippen molar-refractivity contribution < 1.29 is 14.0 Å². The van der Waals surface area contributed by atoms with E-state index in [0.29, 0.717) is 24.4 Å². The van der Waals surface area contributed by atoms with E-state index in [0.717, 1.165) is 27.0 Å². The Morgan fingerprint density at radius 1 is 0.970 bits per heavy atom. The maximum absolute atomic E-state index is 13.0. The highest BCUT2D eigenvalue weighted by atomic mass is 32.2. The molecule has 0 unspecified atom stereocenters. The van der Waals surface area contributed by atoms with E-state index in [-0.39, 0.29) is 17.6 Å². The minimum absolute atomic E-state index is 0.0627. The molecule has 33 heavy (non-hydrogen) atoms. The number of anilines is 1. The number of aryl methyl sites for hydroxylation is 1. The summed E-state index contributed by atoms with van der Waals surface area (Å²) in [5.41, 5.74) is 3.38. The van der Waals surface area contributed by atoms with Crippen molar-refractivity contribution in [3.63, 3.8) is 0 Å². The maximum Gasteiger partial charge on any atom is 0.251 e. The van der Waals surface area contributed by atoms with E-state index in [1.165, 1.54) is 36.0 Å². The van der Waals surface area contributed by atoms with Crippen LogP contribution in [0, 0.1) is 12.7 Å². The number of benzene rings is 3. The number of amides is 2. The summed E-state index contributed by atoms with van der Waals surface area (Å²) >= 11 is 1.48. The van der Waals surface area contributed by atoms with Crippen molar-refractivity contribution in [2.45, 2.75) is 18.4 Å². The third kappa shape index (κ3) is 5.81. The lowest BCUT2D eigenvalue weighted by Crippen LogP contribution is -2.27. The van der Waals surface area contributed by atoms with Gasteiger partial charge in [0.25, 0.3) is 5.91 Å². The largest absolute Gasteiger partial charge is 0.350 e. The Balaban J connectivity index is 1.37. The first-order valence-electron chi connectivity index (χ1n) is 10.6. The summed E-state index contributed by atoms with van der Waals surface area (Å²) in [6.07, 6.45) is 2.01. The fourth-order valence-corrected chi connectivity index (χ4v) is 4.37. The number of carbonyl (C=O) groups excluding carboxylic acids is 2.